The van der Waals surface area contributed by atoms with Gasteiger partial charge in [-0.1, -0.05) is 18.2 Å². The van der Waals surface area contributed by atoms with Crippen molar-refractivity contribution in [2.45, 2.75) is 70.3 Å². The first-order valence-corrected chi connectivity index (χ1v) is 16.4. The van der Waals surface area contributed by atoms with E-state index in [1.165, 1.54) is 56.6 Å². The molecule has 5 fully saturated rings. The highest BCUT2D eigenvalue weighted by molar-refractivity contribution is 7.39. The minimum absolute atomic E-state index is 0.0333. The van der Waals surface area contributed by atoms with E-state index in [0.29, 0.717) is 22.9 Å². The SMILES string of the molecule is CC1(C)OCC(CPC2C3CC4CC2CC(CNc2nc(NCc5ccccc5OC(F)(F)F)ncc2C#N)(C4)C3)CO1. The first-order chi connectivity index (χ1) is 20.5. The number of rotatable bonds is 10. The third kappa shape index (κ3) is 7.19. The molecule has 4 saturated carbocycles. The Bertz CT molecular complexity index is 1330. The average molecular weight is 618 g/mol. The molecule has 232 valence electrons. The van der Waals surface area contributed by atoms with Gasteiger partial charge in [-0.25, -0.2) is 4.98 Å². The van der Waals surface area contributed by atoms with Crippen LogP contribution in [0.4, 0.5) is 24.9 Å². The Kier molecular flexibility index (Phi) is 8.49. The number of para-hydroxylation sites is 1. The summed E-state index contributed by atoms with van der Waals surface area (Å²) in [5, 5.41) is 16.2. The molecule has 3 atom stereocenters. The van der Waals surface area contributed by atoms with Gasteiger partial charge in [-0.3, -0.25) is 0 Å². The largest absolute Gasteiger partial charge is 0.573 e. The van der Waals surface area contributed by atoms with Crippen LogP contribution in [0.3, 0.4) is 0 Å². The summed E-state index contributed by atoms with van der Waals surface area (Å²) in [5.41, 5.74) is 1.64. The van der Waals surface area contributed by atoms with Gasteiger partial charge < -0.3 is 24.8 Å². The van der Waals surface area contributed by atoms with Crippen molar-refractivity contribution in [2.75, 3.05) is 36.6 Å². The summed E-state index contributed by atoms with van der Waals surface area (Å²) in [6, 6.07) is 8.12. The van der Waals surface area contributed by atoms with E-state index in [1.54, 1.807) is 12.1 Å². The van der Waals surface area contributed by atoms with Gasteiger partial charge in [-0.2, -0.15) is 10.2 Å². The molecule has 2 heterocycles. The van der Waals surface area contributed by atoms with E-state index in [0.717, 1.165) is 51.8 Å². The summed E-state index contributed by atoms with van der Waals surface area (Å²) in [5.74, 6) is 2.66. The molecule has 5 aliphatic rings. The monoisotopic (exact) mass is 617 g/mol. The van der Waals surface area contributed by atoms with Crippen molar-refractivity contribution >= 4 is 20.3 Å². The normalized spacial score (nSPS) is 30.0. The molecule has 12 heteroatoms. The molecule has 43 heavy (non-hydrogen) atoms. The first kappa shape index (κ1) is 30.4. The molecule has 1 aromatic carbocycles. The number of nitrogens with one attached hydrogen (secondary N) is 2. The molecule has 1 aromatic heterocycles. The minimum atomic E-state index is -4.79. The minimum Gasteiger partial charge on any atom is -0.405 e. The number of hydrogen-bond donors (Lipinski definition) is 2. The zero-order valence-electron chi connectivity index (χ0n) is 24.5. The molecule has 0 radical (unpaired) electrons. The highest BCUT2D eigenvalue weighted by Gasteiger charge is 2.55. The summed E-state index contributed by atoms with van der Waals surface area (Å²) in [4.78, 5) is 8.76. The molecule has 1 saturated heterocycles. The maximum Gasteiger partial charge on any atom is 0.573 e. The number of nitrogens with zero attached hydrogens (tertiary/aromatic N) is 3. The smallest absolute Gasteiger partial charge is 0.405 e. The molecule has 0 amide bonds. The molecule has 4 bridgehead atoms. The third-order valence-corrected chi connectivity index (χ3v) is 11.8. The molecule has 2 N–H and O–H groups in total. The zero-order chi connectivity index (χ0) is 30.2. The van der Waals surface area contributed by atoms with Gasteiger partial charge in [0.05, 0.1) is 19.4 Å². The fourth-order valence-corrected chi connectivity index (χ4v) is 9.91. The molecule has 8 nitrogen and oxygen atoms in total. The zero-order valence-corrected chi connectivity index (χ0v) is 25.5. The number of ether oxygens (including phenoxy) is 3. The van der Waals surface area contributed by atoms with Crippen LogP contribution in [-0.4, -0.2) is 53.7 Å². The van der Waals surface area contributed by atoms with E-state index in [4.69, 9.17) is 9.47 Å². The second kappa shape index (κ2) is 12.0. The number of aromatic nitrogens is 2. The maximum absolute atomic E-state index is 12.8. The lowest BCUT2D eigenvalue weighted by Gasteiger charge is -2.60. The Morgan fingerprint density at radius 1 is 1.09 bits per heavy atom. The molecule has 4 aliphatic carbocycles. The molecule has 3 unspecified atom stereocenters. The molecular weight excluding hydrogens is 578 g/mol. The van der Waals surface area contributed by atoms with Crippen LogP contribution >= 0.6 is 8.58 Å². The average Bonchev–Trinajstić information content (AvgIpc) is 2.95. The van der Waals surface area contributed by atoms with Gasteiger partial charge in [0, 0.05) is 24.6 Å². The fraction of sp³-hybridized carbons (Fsp3) is 0.645. The van der Waals surface area contributed by atoms with Crippen molar-refractivity contribution in [2.24, 2.45) is 29.1 Å². The Labute approximate surface area is 252 Å². The van der Waals surface area contributed by atoms with Gasteiger partial charge in [-0.15, -0.1) is 21.8 Å². The van der Waals surface area contributed by atoms with Crippen molar-refractivity contribution in [3.63, 3.8) is 0 Å². The van der Waals surface area contributed by atoms with Crippen LogP contribution < -0.4 is 15.4 Å². The topological polar surface area (TPSA) is 101 Å². The van der Waals surface area contributed by atoms with Crippen molar-refractivity contribution in [1.82, 2.24) is 9.97 Å². The van der Waals surface area contributed by atoms with Crippen LogP contribution in [0.15, 0.2) is 30.5 Å². The highest BCUT2D eigenvalue weighted by atomic mass is 31.1. The molecule has 0 spiro atoms. The van der Waals surface area contributed by atoms with Crippen molar-refractivity contribution in [3.05, 3.63) is 41.6 Å². The summed E-state index contributed by atoms with van der Waals surface area (Å²) >= 11 is 0. The summed E-state index contributed by atoms with van der Waals surface area (Å²) in [7, 11) is 0.940. The quantitative estimate of drug-likeness (QED) is 0.290. The van der Waals surface area contributed by atoms with Gasteiger partial charge >= 0.3 is 6.36 Å². The Balaban J connectivity index is 1.07. The van der Waals surface area contributed by atoms with Gasteiger partial charge in [0.2, 0.25) is 5.95 Å². The van der Waals surface area contributed by atoms with Crippen molar-refractivity contribution in [1.29, 1.82) is 5.26 Å². The van der Waals surface area contributed by atoms with Crippen LogP contribution in [0.5, 0.6) is 5.75 Å². The summed E-state index contributed by atoms with van der Waals surface area (Å²) < 4.78 is 54.4. The van der Waals surface area contributed by atoms with Gasteiger partial charge in [0.15, 0.2) is 5.79 Å². The van der Waals surface area contributed by atoms with Crippen molar-refractivity contribution < 1.29 is 27.4 Å². The number of alkyl halides is 3. The van der Waals surface area contributed by atoms with Crippen LogP contribution in [0.25, 0.3) is 0 Å². The number of benzene rings is 1. The van der Waals surface area contributed by atoms with E-state index in [1.807, 2.05) is 13.8 Å². The lowest BCUT2D eigenvalue weighted by molar-refractivity contribution is -0.274. The van der Waals surface area contributed by atoms with E-state index in [2.05, 4.69) is 31.4 Å². The highest BCUT2D eigenvalue weighted by Crippen LogP contribution is 2.63. The third-order valence-electron chi connectivity index (χ3n) is 9.55. The van der Waals surface area contributed by atoms with E-state index >= 15 is 0 Å². The second-order valence-electron chi connectivity index (χ2n) is 13.2. The van der Waals surface area contributed by atoms with E-state index < -0.39 is 12.1 Å². The van der Waals surface area contributed by atoms with Gasteiger partial charge in [0.1, 0.15) is 23.2 Å². The Morgan fingerprint density at radius 2 is 1.81 bits per heavy atom. The van der Waals surface area contributed by atoms with Crippen LogP contribution in [-0.2, 0) is 16.0 Å². The fourth-order valence-electron chi connectivity index (χ4n) is 7.89. The molecular formula is C31H39F3N5O3P. The van der Waals surface area contributed by atoms with E-state index in [9.17, 15) is 18.4 Å². The van der Waals surface area contributed by atoms with Crippen LogP contribution in [0, 0.1) is 40.4 Å². The number of halogens is 3. The van der Waals surface area contributed by atoms with Crippen molar-refractivity contribution in [3.8, 4) is 11.8 Å². The number of anilines is 2. The first-order valence-electron chi connectivity index (χ1n) is 15.1. The number of hydrogen-bond acceptors (Lipinski definition) is 8. The Hall–Kier alpha value is -2.67. The molecule has 1 aliphatic heterocycles. The summed E-state index contributed by atoms with van der Waals surface area (Å²) in [6.07, 6.45) is 4.09. The second-order valence-corrected chi connectivity index (χ2v) is 14.7. The van der Waals surface area contributed by atoms with E-state index in [-0.39, 0.29) is 23.7 Å². The lowest BCUT2D eigenvalue weighted by atomic mass is 9.49. The predicted octanol–water partition coefficient (Wildman–Crippen LogP) is 6.54. The molecule has 2 aromatic rings. The Morgan fingerprint density at radius 3 is 2.51 bits per heavy atom. The summed E-state index contributed by atoms with van der Waals surface area (Å²) in [6.45, 7) is 6.30. The predicted molar refractivity (Wildman–Crippen MR) is 158 cm³/mol. The van der Waals surface area contributed by atoms with Crippen LogP contribution in [0.2, 0.25) is 0 Å². The number of nitriles is 1. The van der Waals surface area contributed by atoms with Gasteiger partial charge in [0.25, 0.3) is 0 Å². The maximum atomic E-state index is 12.8. The van der Waals surface area contributed by atoms with Gasteiger partial charge in [-0.05, 0) is 87.0 Å². The standard InChI is InChI=1S/C31H39F3N5O3P/c1-29(2)40-15-20(16-41-29)17-43-26-22-7-19-8-23(26)11-30(9-19,10-22)18-38-27-24(12-35)14-37-28(39-27)36-13-21-5-3-4-6-25(21)42-31(32,33)34/h3-6,14,19-20,22-23,26,43H,7-11,13,15-18H2,1-2H3,(H2,36,37,38,39). The van der Waals surface area contributed by atoms with Crippen LogP contribution in [0.1, 0.15) is 57.1 Å². The molecule has 7 rings (SSSR count). The lowest BCUT2D eigenvalue weighted by Crippen LogP contribution is -2.54.